The van der Waals surface area contributed by atoms with Crippen LogP contribution in [0.2, 0.25) is 0 Å². The Morgan fingerprint density at radius 1 is 1.39 bits per heavy atom. The maximum absolute atomic E-state index is 12.4. The number of carbonyl (C=O) groups excluding carboxylic acids is 1. The van der Waals surface area contributed by atoms with Crippen LogP contribution in [0.3, 0.4) is 0 Å². The van der Waals surface area contributed by atoms with Crippen molar-refractivity contribution in [2.24, 2.45) is 5.92 Å². The lowest BCUT2D eigenvalue weighted by Crippen LogP contribution is -2.30. The lowest BCUT2D eigenvalue weighted by Gasteiger charge is -2.26. The summed E-state index contributed by atoms with van der Waals surface area (Å²) >= 11 is 0. The number of nitrogens with zero attached hydrogens (tertiary/aromatic N) is 4. The predicted molar refractivity (Wildman–Crippen MR) is 89.0 cm³/mol. The molecule has 5 nitrogen and oxygen atoms in total. The van der Waals surface area contributed by atoms with Crippen LogP contribution in [0.1, 0.15) is 37.8 Å². The van der Waals surface area contributed by atoms with E-state index in [1.165, 1.54) is 6.33 Å². The fourth-order valence-corrected chi connectivity index (χ4v) is 2.92. The minimum Gasteiger partial charge on any atom is -0.339 e. The van der Waals surface area contributed by atoms with E-state index in [0.717, 1.165) is 24.1 Å². The summed E-state index contributed by atoms with van der Waals surface area (Å²) in [7, 11) is 1.89. The summed E-state index contributed by atoms with van der Waals surface area (Å²) in [4.78, 5) is 18.2. The molecule has 0 saturated heterocycles. The number of rotatable bonds is 5. The maximum atomic E-state index is 12.4. The summed E-state index contributed by atoms with van der Waals surface area (Å²) in [5.41, 5.74) is 2.08. The first-order chi connectivity index (χ1) is 11.1. The summed E-state index contributed by atoms with van der Waals surface area (Å²) in [6.07, 6.45) is 10.3. The summed E-state index contributed by atoms with van der Waals surface area (Å²) in [5.74, 6) is 0.612. The van der Waals surface area contributed by atoms with Gasteiger partial charge < -0.3 is 4.90 Å². The van der Waals surface area contributed by atoms with Crippen molar-refractivity contribution >= 4 is 5.91 Å². The van der Waals surface area contributed by atoms with Crippen LogP contribution in [0.4, 0.5) is 0 Å². The van der Waals surface area contributed by atoms with Gasteiger partial charge in [-0.1, -0.05) is 24.3 Å². The molecule has 0 spiro atoms. The van der Waals surface area contributed by atoms with Gasteiger partial charge in [0, 0.05) is 13.5 Å². The predicted octanol–water partition coefficient (Wildman–Crippen LogP) is 3.14. The van der Waals surface area contributed by atoms with Gasteiger partial charge in [0.2, 0.25) is 5.91 Å². The Kier molecular flexibility index (Phi) is 4.55. The second-order valence-corrected chi connectivity index (χ2v) is 6.08. The van der Waals surface area contributed by atoms with Crippen LogP contribution >= 0.6 is 0 Å². The molecule has 3 rings (SSSR count). The van der Waals surface area contributed by atoms with Gasteiger partial charge in [-0.05, 0) is 43.4 Å². The second kappa shape index (κ2) is 6.77. The number of hydrogen-bond acceptors (Lipinski definition) is 3. The number of allylic oxidation sites excluding steroid dienone is 2. The first-order valence-corrected chi connectivity index (χ1v) is 8.02. The van der Waals surface area contributed by atoms with Gasteiger partial charge in [0.05, 0.1) is 11.7 Å². The summed E-state index contributed by atoms with van der Waals surface area (Å²) < 4.78 is 1.72. The molecule has 2 atom stereocenters. The molecular formula is C18H22N4O. The lowest BCUT2D eigenvalue weighted by molar-refractivity contribution is -0.132. The fourth-order valence-electron chi connectivity index (χ4n) is 2.92. The Labute approximate surface area is 136 Å². The molecule has 1 aromatic carbocycles. The van der Waals surface area contributed by atoms with Gasteiger partial charge >= 0.3 is 0 Å². The van der Waals surface area contributed by atoms with Crippen molar-refractivity contribution in [3.8, 4) is 5.69 Å². The number of amides is 1. The van der Waals surface area contributed by atoms with Gasteiger partial charge in [0.25, 0.3) is 0 Å². The Morgan fingerprint density at radius 2 is 2.17 bits per heavy atom. The molecule has 0 N–H and O–H groups in total. The average Bonchev–Trinajstić information content (AvgIpc) is 3.27. The van der Waals surface area contributed by atoms with Crippen molar-refractivity contribution in [2.45, 2.75) is 32.2 Å². The molecule has 23 heavy (non-hydrogen) atoms. The van der Waals surface area contributed by atoms with Gasteiger partial charge in [0.1, 0.15) is 12.7 Å². The first-order valence-electron chi connectivity index (χ1n) is 8.02. The maximum Gasteiger partial charge on any atom is 0.223 e. The van der Waals surface area contributed by atoms with Crippen LogP contribution in [0, 0.1) is 5.92 Å². The number of hydrogen-bond donors (Lipinski definition) is 0. The highest BCUT2D eigenvalue weighted by Crippen LogP contribution is 2.25. The van der Waals surface area contributed by atoms with E-state index in [9.17, 15) is 4.79 Å². The normalized spacial score (nSPS) is 18.1. The van der Waals surface area contributed by atoms with Crippen molar-refractivity contribution in [3.05, 3.63) is 54.6 Å². The van der Waals surface area contributed by atoms with Crippen molar-refractivity contribution in [1.29, 1.82) is 0 Å². The number of carbonyl (C=O) groups is 1. The Bertz CT molecular complexity index is 676. The van der Waals surface area contributed by atoms with Crippen LogP contribution in [0.25, 0.3) is 5.69 Å². The molecule has 1 aliphatic carbocycles. The van der Waals surface area contributed by atoms with E-state index < -0.39 is 0 Å². The van der Waals surface area contributed by atoms with Crippen molar-refractivity contribution in [1.82, 2.24) is 19.7 Å². The standard InChI is InChI=1S/C18H22N4O/c1-14(21(2)18(23)11-15-5-3-4-6-15)16-7-9-17(10-8-16)22-13-19-12-20-22/h3,5,7-10,12-15H,4,6,11H2,1-2H3/t14-,15+/m0/s1. The molecule has 1 aromatic heterocycles. The van der Waals surface area contributed by atoms with E-state index in [1.54, 1.807) is 11.0 Å². The minimum atomic E-state index is 0.0534. The largest absolute Gasteiger partial charge is 0.339 e. The SMILES string of the molecule is C[C@@H](c1ccc(-n2cncn2)cc1)N(C)C(=O)C[C@@H]1C=CCC1. The molecule has 0 saturated carbocycles. The molecule has 0 radical (unpaired) electrons. The van der Waals surface area contributed by atoms with E-state index >= 15 is 0 Å². The zero-order valence-corrected chi connectivity index (χ0v) is 13.6. The number of aromatic nitrogens is 3. The summed E-state index contributed by atoms with van der Waals surface area (Å²) in [6.45, 7) is 2.06. The molecule has 120 valence electrons. The third kappa shape index (κ3) is 3.50. The van der Waals surface area contributed by atoms with E-state index in [-0.39, 0.29) is 11.9 Å². The van der Waals surface area contributed by atoms with Crippen molar-refractivity contribution in [3.63, 3.8) is 0 Å². The molecule has 0 fully saturated rings. The molecule has 0 aliphatic heterocycles. The van der Waals surface area contributed by atoms with Gasteiger partial charge in [0.15, 0.2) is 0 Å². The fraction of sp³-hybridized carbons (Fsp3) is 0.389. The van der Waals surface area contributed by atoms with Crippen molar-refractivity contribution < 1.29 is 4.79 Å². The zero-order chi connectivity index (χ0) is 16.2. The van der Waals surface area contributed by atoms with E-state index in [0.29, 0.717) is 12.3 Å². The first kappa shape index (κ1) is 15.5. The molecule has 1 heterocycles. The average molecular weight is 310 g/mol. The topological polar surface area (TPSA) is 51.0 Å². The second-order valence-electron chi connectivity index (χ2n) is 6.08. The molecular weight excluding hydrogens is 288 g/mol. The molecule has 1 aliphatic rings. The van der Waals surface area contributed by atoms with E-state index in [2.05, 4.69) is 29.2 Å². The third-order valence-electron chi connectivity index (χ3n) is 4.58. The van der Waals surface area contributed by atoms with Gasteiger partial charge in [-0.3, -0.25) is 4.79 Å². The van der Waals surface area contributed by atoms with Crippen LogP contribution in [-0.4, -0.2) is 32.6 Å². The van der Waals surface area contributed by atoms with Crippen LogP contribution in [0.5, 0.6) is 0 Å². The van der Waals surface area contributed by atoms with Gasteiger partial charge in [-0.25, -0.2) is 9.67 Å². The molecule has 0 unspecified atom stereocenters. The Balaban J connectivity index is 1.65. The van der Waals surface area contributed by atoms with Crippen LogP contribution in [-0.2, 0) is 4.79 Å². The van der Waals surface area contributed by atoms with Gasteiger partial charge in [-0.15, -0.1) is 0 Å². The molecule has 5 heteroatoms. The third-order valence-corrected chi connectivity index (χ3v) is 4.58. The summed E-state index contributed by atoms with van der Waals surface area (Å²) in [6, 6.07) is 8.14. The highest BCUT2D eigenvalue weighted by Gasteiger charge is 2.21. The Morgan fingerprint density at radius 3 is 2.78 bits per heavy atom. The van der Waals surface area contributed by atoms with Gasteiger partial charge in [-0.2, -0.15) is 5.10 Å². The zero-order valence-electron chi connectivity index (χ0n) is 13.6. The van der Waals surface area contributed by atoms with E-state index in [4.69, 9.17) is 0 Å². The number of benzene rings is 1. The molecule has 2 aromatic rings. The highest BCUT2D eigenvalue weighted by atomic mass is 16.2. The molecule has 0 bridgehead atoms. The minimum absolute atomic E-state index is 0.0534. The van der Waals surface area contributed by atoms with Crippen molar-refractivity contribution in [2.75, 3.05) is 7.05 Å². The Hall–Kier alpha value is -2.43. The quantitative estimate of drug-likeness (QED) is 0.797. The van der Waals surface area contributed by atoms with E-state index in [1.807, 2.05) is 36.2 Å². The summed E-state index contributed by atoms with van der Waals surface area (Å²) in [5, 5.41) is 4.12. The smallest absolute Gasteiger partial charge is 0.223 e. The van der Waals surface area contributed by atoms with Crippen LogP contribution in [0.15, 0.2) is 49.1 Å². The van der Waals surface area contributed by atoms with Crippen LogP contribution < -0.4 is 0 Å². The monoisotopic (exact) mass is 310 g/mol. The highest BCUT2D eigenvalue weighted by molar-refractivity contribution is 5.77. The lowest BCUT2D eigenvalue weighted by atomic mass is 10.0. The molecule has 1 amide bonds.